The van der Waals surface area contributed by atoms with E-state index in [1.54, 1.807) is 12.3 Å². The van der Waals surface area contributed by atoms with Gasteiger partial charge in [0.25, 0.3) is 0 Å². The largest absolute Gasteiger partial charge is 3.00 e. The van der Waals surface area contributed by atoms with E-state index in [9.17, 15) is 26.3 Å². The van der Waals surface area contributed by atoms with Gasteiger partial charge >= 0.3 is 32.5 Å². The Morgan fingerprint density at radius 1 is 0.839 bits per heavy atom. The van der Waals surface area contributed by atoms with E-state index in [0.29, 0.717) is 11.3 Å². The molecule has 0 amide bonds. The van der Waals surface area contributed by atoms with Crippen LogP contribution in [0, 0.1) is 12.6 Å². The summed E-state index contributed by atoms with van der Waals surface area (Å²) in [4.78, 5) is 4.23. The quantitative estimate of drug-likeness (QED) is 0.201. The van der Waals surface area contributed by atoms with Crippen molar-refractivity contribution in [1.29, 1.82) is 0 Å². The second-order valence-electron chi connectivity index (χ2n) is 7.29. The average Bonchev–Trinajstić information content (AvgIpc) is 2.68. The molecule has 0 radical (unpaired) electrons. The minimum absolute atomic E-state index is 0. The summed E-state index contributed by atoms with van der Waals surface area (Å²) >= 11 is 0. The Hall–Kier alpha value is -1.99. The maximum atomic E-state index is 13.1. The molecule has 31 heavy (non-hydrogen) atoms. The van der Waals surface area contributed by atoms with Crippen LogP contribution in [-0.2, 0) is 30.9 Å². The van der Waals surface area contributed by atoms with Gasteiger partial charge in [0.1, 0.15) is 5.41 Å². The van der Waals surface area contributed by atoms with Crippen LogP contribution in [0.4, 0.5) is 26.3 Å². The molecule has 0 saturated carbocycles. The van der Waals surface area contributed by atoms with Crippen molar-refractivity contribution in [2.24, 2.45) is 0 Å². The molecule has 9 heteroatoms. The predicted octanol–water partition coefficient (Wildman–Crippen LogP) is 7.09. The first-order valence-corrected chi connectivity index (χ1v) is 8.53. The minimum Gasteiger partial charge on any atom is -0.817 e. The first-order valence-electron chi connectivity index (χ1n) is 8.53. The molecule has 0 spiro atoms. The third kappa shape index (κ3) is 7.00. The Morgan fingerprint density at radius 3 is 1.58 bits per heavy atom. The standard InChI is InChI=1S/C19H18F6N.C2H3.CH2N.Ir/c1-16(2,3)14-9-10-15(26-11-14)12-5-7-13(8-6-12)17(4,18(20,21)22)19(23,24)25;2*1-2;/h5,7-11H,1-4H3;1H,2H2;1H2;/q3*-1;+3. The predicted molar refractivity (Wildman–Crippen MR) is 107 cm³/mol. The average molecular weight is 622 g/mol. The summed E-state index contributed by atoms with van der Waals surface area (Å²) in [6, 6.07) is 8.71. The molecule has 0 aliphatic rings. The number of hydrogen-bond acceptors (Lipinski definition) is 1. The third-order valence-corrected chi connectivity index (χ3v) is 4.43. The molecule has 0 saturated heterocycles. The Labute approximate surface area is 192 Å². The molecule has 0 fully saturated rings. The molecular formula is C22H23F6IrN2. The Balaban J connectivity index is 0. The minimum atomic E-state index is -5.48. The van der Waals surface area contributed by atoms with Crippen LogP contribution in [0.3, 0.4) is 0 Å². The number of rotatable bonds is 2. The van der Waals surface area contributed by atoms with Crippen LogP contribution in [0.2, 0.25) is 0 Å². The smallest absolute Gasteiger partial charge is 0.817 e. The molecule has 1 aromatic heterocycles. The zero-order chi connectivity index (χ0) is 24.0. The molecule has 0 N–H and O–H groups in total. The van der Waals surface area contributed by atoms with Crippen molar-refractivity contribution in [3.8, 4) is 11.3 Å². The van der Waals surface area contributed by atoms with Crippen LogP contribution in [-0.4, -0.2) is 24.1 Å². The van der Waals surface area contributed by atoms with E-state index in [-0.39, 0.29) is 32.4 Å². The van der Waals surface area contributed by atoms with Gasteiger partial charge in [-0.25, -0.2) is 6.72 Å². The van der Waals surface area contributed by atoms with E-state index in [4.69, 9.17) is 5.41 Å². The van der Waals surface area contributed by atoms with E-state index in [0.717, 1.165) is 17.7 Å². The topological polar surface area (TPSA) is 35.2 Å². The molecule has 1 heterocycles. The van der Waals surface area contributed by atoms with Crippen LogP contribution in [0.15, 0.2) is 43.1 Å². The van der Waals surface area contributed by atoms with Gasteiger partial charge in [0, 0.05) is 6.20 Å². The summed E-state index contributed by atoms with van der Waals surface area (Å²) in [6.45, 7) is 15.4. The first-order chi connectivity index (χ1) is 13.7. The number of pyridine rings is 1. The van der Waals surface area contributed by atoms with Crippen LogP contribution in [0.1, 0.15) is 38.8 Å². The van der Waals surface area contributed by atoms with Crippen LogP contribution in [0.25, 0.3) is 16.7 Å². The molecule has 172 valence electrons. The molecule has 2 nitrogen and oxygen atoms in total. The van der Waals surface area contributed by atoms with E-state index in [2.05, 4.69) is 30.9 Å². The third-order valence-electron chi connectivity index (χ3n) is 4.43. The fourth-order valence-electron chi connectivity index (χ4n) is 2.38. The number of benzene rings is 1. The molecule has 2 aromatic rings. The maximum Gasteiger partial charge on any atom is 3.00 e. The van der Waals surface area contributed by atoms with Gasteiger partial charge in [-0.05, 0) is 23.6 Å². The van der Waals surface area contributed by atoms with Gasteiger partial charge in [-0.2, -0.15) is 26.3 Å². The molecule has 0 aliphatic heterocycles. The van der Waals surface area contributed by atoms with Crippen molar-refractivity contribution >= 4 is 6.72 Å². The zero-order valence-corrected chi connectivity index (χ0v) is 19.8. The molecule has 0 bridgehead atoms. The number of halogens is 6. The summed E-state index contributed by atoms with van der Waals surface area (Å²) in [7, 11) is 0. The maximum absolute atomic E-state index is 13.1. The van der Waals surface area contributed by atoms with E-state index in [1.807, 2.05) is 26.8 Å². The van der Waals surface area contributed by atoms with Gasteiger partial charge in [0.15, 0.2) is 0 Å². The summed E-state index contributed by atoms with van der Waals surface area (Å²) in [6.07, 6.45) is -9.33. The van der Waals surface area contributed by atoms with Crippen molar-refractivity contribution in [2.75, 3.05) is 0 Å². The second kappa shape index (κ2) is 11.6. The second-order valence-corrected chi connectivity index (χ2v) is 7.29. The van der Waals surface area contributed by atoms with E-state index >= 15 is 0 Å². The van der Waals surface area contributed by atoms with Gasteiger partial charge < -0.3 is 17.0 Å². The summed E-state index contributed by atoms with van der Waals surface area (Å²) < 4.78 is 78.7. The monoisotopic (exact) mass is 622 g/mol. The Morgan fingerprint density at radius 2 is 1.29 bits per heavy atom. The Bertz CT molecular complexity index is 775. The summed E-state index contributed by atoms with van der Waals surface area (Å²) in [5.41, 5.74) is -3.29. The van der Waals surface area contributed by atoms with Gasteiger partial charge in [-0.15, -0.1) is 35.4 Å². The van der Waals surface area contributed by atoms with Crippen LogP contribution < -0.4 is 0 Å². The molecule has 1 aromatic carbocycles. The molecular weight excluding hydrogens is 598 g/mol. The van der Waals surface area contributed by atoms with Crippen molar-refractivity contribution < 1.29 is 46.4 Å². The number of hydrogen-bond donors (Lipinski definition) is 0. The first kappa shape index (κ1) is 31.2. The van der Waals surface area contributed by atoms with Gasteiger partial charge in [-0.3, -0.25) is 6.58 Å². The molecule has 0 unspecified atom stereocenters. The van der Waals surface area contributed by atoms with Crippen LogP contribution >= 0.6 is 0 Å². The van der Waals surface area contributed by atoms with Crippen LogP contribution in [0.5, 0.6) is 0 Å². The molecule has 0 aliphatic carbocycles. The van der Waals surface area contributed by atoms with Crippen molar-refractivity contribution in [3.63, 3.8) is 0 Å². The van der Waals surface area contributed by atoms with Crippen molar-refractivity contribution in [3.05, 3.63) is 72.3 Å². The zero-order valence-electron chi connectivity index (χ0n) is 17.5. The number of nitrogens with zero attached hydrogens (tertiary/aromatic N) is 2. The molecule has 0 atom stereocenters. The van der Waals surface area contributed by atoms with E-state index < -0.39 is 23.3 Å². The normalized spacial score (nSPS) is 11.8. The number of alkyl halides is 6. The fraction of sp³-hybridized carbons (Fsp3) is 0.364. The van der Waals surface area contributed by atoms with E-state index in [1.165, 1.54) is 6.07 Å². The van der Waals surface area contributed by atoms with Gasteiger partial charge in [-0.1, -0.05) is 32.9 Å². The Kier molecular flexibility index (Phi) is 11.7. The van der Waals surface area contributed by atoms with Gasteiger partial charge in [0.2, 0.25) is 0 Å². The van der Waals surface area contributed by atoms with Crippen molar-refractivity contribution in [1.82, 2.24) is 4.98 Å². The fourth-order valence-corrected chi connectivity index (χ4v) is 2.38. The summed E-state index contributed by atoms with van der Waals surface area (Å²) in [5.74, 6) is 0. The SMILES string of the molecule is C=[N-].CC(C)(C)c1ccc(-c2[c-]cc(C(C)(C(F)(F)F)C(F)(F)F)cc2)nc1.[CH-]=C.[Ir+3]. The van der Waals surface area contributed by atoms with Gasteiger partial charge in [0.05, 0.1) is 0 Å². The number of aromatic nitrogens is 1. The van der Waals surface area contributed by atoms with Crippen molar-refractivity contribution in [2.45, 2.75) is 50.9 Å². The molecule has 2 rings (SSSR count). The summed E-state index contributed by atoms with van der Waals surface area (Å²) in [5, 5.41) is 6.75.